The highest BCUT2D eigenvalue weighted by Crippen LogP contribution is 2.23. The lowest BCUT2D eigenvalue weighted by molar-refractivity contribution is 0.131. The molecule has 0 fully saturated rings. The van der Waals surface area contributed by atoms with Crippen LogP contribution in [0.15, 0.2) is 12.1 Å². The Morgan fingerprint density at radius 1 is 1.29 bits per heavy atom. The summed E-state index contributed by atoms with van der Waals surface area (Å²) in [6.07, 6.45) is 3.51. The zero-order chi connectivity index (χ0) is 12.5. The van der Waals surface area contributed by atoms with Gasteiger partial charge in [-0.1, -0.05) is 20.3 Å². The molecule has 1 heterocycles. The molecule has 98 valence electrons. The zero-order valence-electron chi connectivity index (χ0n) is 11.3. The van der Waals surface area contributed by atoms with Crippen LogP contribution in [0.5, 0.6) is 0 Å². The normalized spacial score (nSPS) is 12.9. The maximum absolute atomic E-state index is 5.53. The Kier molecular flexibility index (Phi) is 7.49. The highest BCUT2D eigenvalue weighted by atomic mass is 32.1. The summed E-state index contributed by atoms with van der Waals surface area (Å²) in [4.78, 5) is 2.89. The van der Waals surface area contributed by atoms with Gasteiger partial charge in [-0.25, -0.2) is 0 Å². The molecule has 3 heteroatoms. The van der Waals surface area contributed by atoms with Crippen molar-refractivity contribution in [2.75, 3.05) is 19.8 Å². The van der Waals surface area contributed by atoms with E-state index in [1.165, 1.54) is 22.6 Å². The monoisotopic (exact) mass is 255 g/mol. The molecular formula is C14H25NOS. The van der Waals surface area contributed by atoms with Gasteiger partial charge in [0.05, 0.1) is 6.61 Å². The van der Waals surface area contributed by atoms with E-state index >= 15 is 0 Å². The molecule has 1 unspecified atom stereocenters. The van der Waals surface area contributed by atoms with E-state index in [4.69, 9.17) is 4.74 Å². The van der Waals surface area contributed by atoms with E-state index in [1.54, 1.807) is 0 Å². The topological polar surface area (TPSA) is 21.3 Å². The van der Waals surface area contributed by atoms with Gasteiger partial charge < -0.3 is 10.1 Å². The molecule has 2 nitrogen and oxygen atoms in total. The third-order valence-corrected chi connectivity index (χ3v) is 4.21. The molecule has 1 aromatic heterocycles. The molecule has 17 heavy (non-hydrogen) atoms. The summed E-state index contributed by atoms with van der Waals surface area (Å²) in [5.74, 6) is 0. The van der Waals surface area contributed by atoms with Crippen molar-refractivity contribution in [3.05, 3.63) is 21.9 Å². The molecule has 0 aliphatic rings. The minimum Gasteiger partial charge on any atom is -0.380 e. The van der Waals surface area contributed by atoms with Crippen LogP contribution in [0.1, 0.15) is 49.4 Å². The van der Waals surface area contributed by atoms with Gasteiger partial charge in [-0.15, -0.1) is 11.3 Å². The Morgan fingerprint density at radius 2 is 2.12 bits per heavy atom. The molecule has 0 radical (unpaired) electrons. The van der Waals surface area contributed by atoms with Crippen LogP contribution in [0.3, 0.4) is 0 Å². The number of ether oxygens (including phenoxy) is 1. The quantitative estimate of drug-likeness (QED) is 0.678. The molecule has 0 bridgehead atoms. The van der Waals surface area contributed by atoms with E-state index in [-0.39, 0.29) is 0 Å². The van der Waals surface area contributed by atoms with Gasteiger partial charge >= 0.3 is 0 Å². The third-order valence-electron chi connectivity index (χ3n) is 2.80. The van der Waals surface area contributed by atoms with E-state index in [0.29, 0.717) is 6.04 Å². The summed E-state index contributed by atoms with van der Waals surface area (Å²) in [5, 5.41) is 3.50. The summed E-state index contributed by atoms with van der Waals surface area (Å²) >= 11 is 1.91. The van der Waals surface area contributed by atoms with Gasteiger partial charge in [-0.2, -0.15) is 0 Å². The molecule has 0 saturated heterocycles. The fourth-order valence-electron chi connectivity index (χ4n) is 1.61. The van der Waals surface area contributed by atoms with Gasteiger partial charge in [-0.05, 0) is 31.9 Å². The lowest BCUT2D eigenvalue weighted by atomic mass is 10.2. The van der Waals surface area contributed by atoms with Gasteiger partial charge in [-0.3, -0.25) is 0 Å². The van der Waals surface area contributed by atoms with Crippen LogP contribution in [0, 0.1) is 0 Å². The van der Waals surface area contributed by atoms with Gasteiger partial charge in [0.25, 0.3) is 0 Å². The molecule has 1 aromatic rings. The van der Waals surface area contributed by atoms with E-state index < -0.39 is 0 Å². The summed E-state index contributed by atoms with van der Waals surface area (Å²) in [5.41, 5.74) is 0. The fourth-order valence-corrected chi connectivity index (χ4v) is 2.59. The molecule has 1 rings (SSSR count). The van der Waals surface area contributed by atoms with Crippen molar-refractivity contribution in [1.82, 2.24) is 5.32 Å². The fraction of sp³-hybridized carbons (Fsp3) is 0.714. The van der Waals surface area contributed by atoms with Crippen LogP contribution in [0.25, 0.3) is 0 Å². The minimum atomic E-state index is 0.440. The Balaban J connectivity index is 2.14. The van der Waals surface area contributed by atoms with E-state index in [9.17, 15) is 0 Å². The van der Waals surface area contributed by atoms with Gasteiger partial charge in [0, 0.05) is 28.9 Å². The van der Waals surface area contributed by atoms with Gasteiger partial charge in [0.2, 0.25) is 0 Å². The minimum absolute atomic E-state index is 0.440. The molecule has 0 aliphatic carbocycles. The number of rotatable bonds is 9. The van der Waals surface area contributed by atoms with Crippen molar-refractivity contribution in [2.45, 2.75) is 46.1 Å². The molecular weight excluding hydrogens is 230 g/mol. The second-order valence-electron chi connectivity index (χ2n) is 4.30. The standard InChI is InChI=1S/C14H25NOS/c1-4-6-10-16-11-9-15-12(3)14-8-7-13(5-2)17-14/h7-8,12,15H,4-6,9-11H2,1-3H3. The Hall–Kier alpha value is -0.380. The first kappa shape index (κ1) is 14.7. The zero-order valence-corrected chi connectivity index (χ0v) is 12.1. The second kappa shape index (κ2) is 8.67. The Bertz CT molecular complexity index is 298. The maximum Gasteiger partial charge on any atom is 0.0591 e. The van der Waals surface area contributed by atoms with E-state index in [0.717, 1.165) is 26.2 Å². The SMILES string of the molecule is CCCCOCCNC(C)c1ccc(CC)s1. The molecule has 0 saturated carbocycles. The summed E-state index contributed by atoms with van der Waals surface area (Å²) in [7, 11) is 0. The number of unbranched alkanes of at least 4 members (excludes halogenated alkanes) is 1. The van der Waals surface area contributed by atoms with E-state index in [2.05, 4.69) is 38.2 Å². The highest BCUT2D eigenvalue weighted by molar-refractivity contribution is 7.12. The first-order chi connectivity index (χ1) is 8.27. The molecule has 1 atom stereocenters. The summed E-state index contributed by atoms with van der Waals surface area (Å²) in [6, 6.07) is 4.91. The van der Waals surface area contributed by atoms with Crippen molar-refractivity contribution in [2.24, 2.45) is 0 Å². The van der Waals surface area contributed by atoms with Crippen molar-refractivity contribution < 1.29 is 4.74 Å². The Labute approximate surface area is 109 Å². The summed E-state index contributed by atoms with van der Waals surface area (Å²) < 4.78 is 5.53. The predicted molar refractivity (Wildman–Crippen MR) is 75.8 cm³/mol. The number of aryl methyl sites for hydroxylation is 1. The number of hydrogen-bond acceptors (Lipinski definition) is 3. The predicted octanol–water partition coefficient (Wildman–Crippen LogP) is 3.78. The first-order valence-corrected chi connectivity index (χ1v) is 7.49. The third kappa shape index (κ3) is 5.66. The Morgan fingerprint density at radius 3 is 2.76 bits per heavy atom. The molecule has 0 amide bonds. The summed E-state index contributed by atoms with van der Waals surface area (Å²) in [6.45, 7) is 9.25. The highest BCUT2D eigenvalue weighted by Gasteiger charge is 2.06. The second-order valence-corrected chi connectivity index (χ2v) is 5.50. The van der Waals surface area contributed by atoms with E-state index in [1.807, 2.05) is 11.3 Å². The molecule has 0 aromatic carbocycles. The first-order valence-electron chi connectivity index (χ1n) is 6.67. The van der Waals surface area contributed by atoms with Gasteiger partial charge in [0.1, 0.15) is 0 Å². The number of nitrogens with one attached hydrogen (secondary N) is 1. The van der Waals surface area contributed by atoms with Crippen LogP contribution in [0.4, 0.5) is 0 Å². The largest absolute Gasteiger partial charge is 0.380 e. The number of thiophene rings is 1. The van der Waals surface area contributed by atoms with Crippen LogP contribution in [-0.2, 0) is 11.2 Å². The van der Waals surface area contributed by atoms with Crippen LogP contribution >= 0.6 is 11.3 Å². The molecule has 0 aliphatic heterocycles. The van der Waals surface area contributed by atoms with Crippen molar-refractivity contribution in [3.8, 4) is 0 Å². The average Bonchev–Trinajstić information content (AvgIpc) is 2.82. The average molecular weight is 255 g/mol. The van der Waals surface area contributed by atoms with Crippen LogP contribution < -0.4 is 5.32 Å². The lowest BCUT2D eigenvalue weighted by Crippen LogP contribution is -2.22. The lowest BCUT2D eigenvalue weighted by Gasteiger charge is -2.12. The smallest absolute Gasteiger partial charge is 0.0591 e. The van der Waals surface area contributed by atoms with Crippen molar-refractivity contribution >= 4 is 11.3 Å². The maximum atomic E-state index is 5.53. The van der Waals surface area contributed by atoms with Crippen LogP contribution in [-0.4, -0.2) is 19.8 Å². The van der Waals surface area contributed by atoms with Gasteiger partial charge in [0.15, 0.2) is 0 Å². The van der Waals surface area contributed by atoms with Crippen molar-refractivity contribution in [3.63, 3.8) is 0 Å². The van der Waals surface area contributed by atoms with Crippen LogP contribution in [0.2, 0.25) is 0 Å². The molecule has 0 spiro atoms. The number of hydrogen-bond donors (Lipinski definition) is 1. The molecule has 1 N–H and O–H groups in total. The van der Waals surface area contributed by atoms with Crippen molar-refractivity contribution in [1.29, 1.82) is 0 Å².